The minimum Gasteiger partial charge on any atom is -0.507 e. The van der Waals surface area contributed by atoms with E-state index < -0.39 is 12.2 Å². The van der Waals surface area contributed by atoms with Crippen LogP contribution < -0.4 is 9.47 Å². The number of para-hydroxylation sites is 4. The van der Waals surface area contributed by atoms with Crippen LogP contribution >= 0.6 is 0 Å². The first-order valence-electron chi connectivity index (χ1n) is 16.0. The summed E-state index contributed by atoms with van der Waals surface area (Å²) in [5.41, 5.74) is 5.64. The van der Waals surface area contributed by atoms with Gasteiger partial charge in [0.15, 0.2) is 0 Å². The Balaban J connectivity index is 1.68. The van der Waals surface area contributed by atoms with Crippen LogP contribution in [0.3, 0.4) is 0 Å². The summed E-state index contributed by atoms with van der Waals surface area (Å²) < 4.78 is 12.2. The number of ether oxygens (including phenoxy) is 2. The molecule has 2 amide bonds. The Labute approximate surface area is 270 Å². The minimum absolute atomic E-state index is 0.135. The minimum atomic E-state index is -0.450. The maximum Gasteiger partial charge on any atom is 0.415 e. The topological polar surface area (TPSA) is 99.5 Å². The van der Waals surface area contributed by atoms with Crippen molar-refractivity contribution in [2.24, 2.45) is 0 Å². The van der Waals surface area contributed by atoms with E-state index in [9.17, 15) is 19.8 Å². The van der Waals surface area contributed by atoms with Crippen LogP contribution in [0.1, 0.15) is 72.2 Å². The number of phenolic OH excluding ortho intramolecular Hbond substituents is 2. The van der Waals surface area contributed by atoms with Crippen molar-refractivity contribution in [3.63, 3.8) is 0 Å². The number of hydrogen-bond acceptors (Lipinski definition) is 6. The molecule has 240 valence electrons. The Kier molecular flexibility index (Phi) is 10.2. The SMILES string of the molecule is CCN(CC)C(=O)Oc1c2cccc1Cc1cccc(c1O)Cc1cccc(c1OC(=O)N(CC)CC)Cc1cccc(c1O)C2. The number of aromatic hydroxyl groups is 2. The van der Waals surface area contributed by atoms with E-state index in [-0.39, 0.29) is 11.5 Å². The van der Waals surface area contributed by atoms with E-state index in [1.807, 2.05) is 100 Å². The number of phenols is 2. The molecule has 2 N–H and O–H groups in total. The Morgan fingerprint density at radius 2 is 0.739 bits per heavy atom. The van der Waals surface area contributed by atoms with Crippen LogP contribution in [0.25, 0.3) is 0 Å². The molecule has 0 fully saturated rings. The van der Waals surface area contributed by atoms with Crippen molar-refractivity contribution in [1.82, 2.24) is 9.80 Å². The van der Waals surface area contributed by atoms with E-state index in [0.29, 0.717) is 85.6 Å². The number of fused-ring (bicyclic) bond motifs is 8. The Morgan fingerprint density at radius 1 is 0.500 bits per heavy atom. The molecular formula is C38H42N2O6. The smallest absolute Gasteiger partial charge is 0.415 e. The summed E-state index contributed by atoms with van der Waals surface area (Å²) in [7, 11) is 0. The number of benzene rings is 4. The molecule has 5 rings (SSSR count). The van der Waals surface area contributed by atoms with Crippen LogP contribution in [-0.4, -0.2) is 58.4 Å². The van der Waals surface area contributed by atoms with E-state index in [1.54, 1.807) is 9.80 Å². The van der Waals surface area contributed by atoms with Gasteiger partial charge >= 0.3 is 12.2 Å². The van der Waals surface area contributed by atoms with E-state index in [0.717, 1.165) is 22.3 Å². The van der Waals surface area contributed by atoms with Crippen LogP contribution in [-0.2, 0) is 25.7 Å². The monoisotopic (exact) mass is 622 g/mol. The summed E-state index contributed by atoms with van der Waals surface area (Å²) in [4.78, 5) is 29.7. The Morgan fingerprint density at radius 3 is 0.978 bits per heavy atom. The highest BCUT2D eigenvalue weighted by Gasteiger charge is 2.24. The van der Waals surface area contributed by atoms with Crippen molar-refractivity contribution in [2.75, 3.05) is 26.2 Å². The molecule has 8 heteroatoms. The number of carbonyl (C=O) groups is 2. The van der Waals surface area contributed by atoms with Gasteiger partial charge in [0.05, 0.1) is 0 Å². The number of hydrogen-bond donors (Lipinski definition) is 2. The first kappa shape index (κ1) is 32.4. The lowest BCUT2D eigenvalue weighted by atomic mass is 9.91. The molecule has 4 aromatic carbocycles. The molecule has 0 heterocycles. The first-order chi connectivity index (χ1) is 22.3. The van der Waals surface area contributed by atoms with Crippen LogP contribution in [0.15, 0.2) is 72.8 Å². The third-order valence-electron chi connectivity index (χ3n) is 8.71. The molecule has 0 radical (unpaired) electrons. The second-order valence-corrected chi connectivity index (χ2v) is 11.4. The predicted octanol–water partition coefficient (Wildman–Crippen LogP) is 7.46. The van der Waals surface area contributed by atoms with E-state index in [2.05, 4.69) is 0 Å². The highest BCUT2D eigenvalue weighted by atomic mass is 16.6. The lowest BCUT2D eigenvalue weighted by molar-refractivity contribution is 0.155. The maximum absolute atomic E-state index is 13.2. The standard InChI is InChI=1S/C38H42N2O6/c1-5-39(6-2)37(43)45-35-29-17-11-18-30(35)22-26-14-10-16-28(34(26)42)24-32-20-12-19-31(36(32)46-38(44)40(7-3)8-4)23-27-15-9-13-25(21-29)33(27)41/h9-20,41-42H,5-8,21-24H2,1-4H3. The molecule has 0 unspecified atom stereocenters. The maximum atomic E-state index is 13.2. The lowest BCUT2D eigenvalue weighted by Gasteiger charge is -2.23. The average Bonchev–Trinajstić information content (AvgIpc) is 3.04. The number of nitrogens with zero attached hydrogens (tertiary/aromatic N) is 2. The van der Waals surface area contributed by atoms with Crippen LogP contribution in [0.4, 0.5) is 9.59 Å². The first-order valence-corrected chi connectivity index (χ1v) is 16.0. The molecule has 8 bridgehead atoms. The molecule has 0 saturated carbocycles. The molecule has 0 saturated heterocycles. The summed E-state index contributed by atoms with van der Waals surface area (Å²) in [5, 5.41) is 23.1. The third kappa shape index (κ3) is 6.81. The van der Waals surface area contributed by atoms with Gasteiger partial charge in [0.2, 0.25) is 0 Å². The Bertz CT molecular complexity index is 1510. The predicted molar refractivity (Wildman–Crippen MR) is 178 cm³/mol. The zero-order valence-corrected chi connectivity index (χ0v) is 27.0. The molecule has 1 aliphatic rings. The van der Waals surface area contributed by atoms with Crippen molar-refractivity contribution >= 4 is 12.2 Å². The summed E-state index contributed by atoms with van der Waals surface area (Å²) in [6.45, 7) is 9.63. The van der Waals surface area contributed by atoms with Gasteiger partial charge in [-0.1, -0.05) is 72.8 Å². The summed E-state index contributed by atoms with van der Waals surface area (Å²) in [6.07, 6.45) is 0.340. The Hall–Kier alpha value is -4.98. The highest BCUT2D eigenvalue weighted by Crippen LogP contribution is 2.38. The fourth-order valence-corrected chi connectivity index (χ4v) is 6.04. The number of rotatable bonds is 6. The molecule has 1 aliphatic carbocycles. The van der Waals surface area contributed by atoms with Gasteiger partial charge in [-0.3, -0.25) is 0 Å². The molecule has 8 nitrogen and oxygen atoms in total. The molecule has 0 spiro atoms. The second-order valence-electron chi connectivity index (χ2n) is 11.4. The van der Waals surface area contributed by atoms with E-state index in [4.69, 9.17) is 9.47 Å². The molecular weight excluding hydrogens is 580 g/mol. The van der Waals surface area contributed by atoms with Crippen LogP contribution in [0.5, 0.6) is 23.0 Å². The molecule has 46 heavy (non-hydrogen) atoms. The van der Waals surface area contributed by atoms with Gasteiger partial charge in [-0.2, -0.15) is 0 Å². The van der Waals surface area contributed by atoms with Gasteiger partial charge in [0.25, 0.3) is 0 Å². The van der Waals surface area contributed by atoms with Crippen molar-refractivity contribution in [1.29, 1.82) is 0 Å². The third-order valence-corrected chi connectivity index (χ3v) is 8.71. The van der Waals surface area contributed by atoms with Crippen molar-refractivity contribution in [2.45, 2.75) is 53.4 Å². The van der Waals surface area contributed by atoms with Crippen LogP contribution in [0, 0.1) is 0 Å². The van der Waals surface area contributed by atoms with Gasteiger partial charge in [0.1, 0.15) is 23.0 Å². The van der Waals surface area contributed by atoms with E-state index in [1.165, 1.54) is 0 Å². The zero-order chi connectivity index (χ0) is 32.8. The van der Waals surface area contributed by atoms with Crippen molar-refractivity contribution in [3.8, 4) is 23.0 Å². The quantitative estimate of drug-likeness (QED) is 0.204. The normalized spacial score (nSPS) is 12.3. The van der Waals surface area contributed by atoms with E-state index >= 15 is 0 Å². The van der Waals surface area contributed by atoms with Gasteiger partial charge in [-0.25, -0.2) is 9.59 Å². The molecule has 4 aromatic rings. The zero-order valence-electron chi connectivity index (χ0n) is 27.0. The lowest BCUT2D eigenvalue weighted by Crippen LogP contribution is -2.33. The van der Waals surface area contributed by atoms with Gasteiger partial charge in [-0.05, 0) is 72.2 Å². The summed E-state index contributed by atoms with van der Waals surface area (Å²) >= 11 is 0. The van der Waals surface area contributed by atoms with Gasteiger partial charge in [0, 0.05) is 51.9 Å². The van der Waals surface area contributed by atoms with Gasteiger partial charge in [-0.15, -0.1) is 0 Å². The highest BCUT2D eigenvalue weighted by molar-refractivity contribution is 5.73. The second kappa shape index (κ2) is 14.4. The fourth-order valence-electron chi connectivity index (χ4n) is 6.04. The van der Waals surface area contributed by atoms with Crippen molar-refractivity contribution in [3.05, 3.63) is 117 Å². The van der Waals surface area contributed by atoms with Crippen LogP contribution in [0.2, 0.25) is 0 Å². The molecule has 0 aromatic heterocycles. The van der Waals surface area contributed by atoms with Crippen molar-refractivity contribution < 1.29 is 29.3 Å². The largest absolute Gasteiger partial charge is 0.507 e. The number of carbonyl (C=O) groups excluding carboxylic acids is 2. The van der Waals surface area contributed by atoms with Gasteiger partial charge < -0.3 is 29.5 Å². The average molecular weight is 623 g/mol. The fraction of sp³-hybridized carbons (Fsp3) is 0.316. The molecule has 0 aliphatic heterocycles. The summed E-state index contributed by atoms with van der Waals surface area (Å²) in [5.74, 6) is 1.12. The number of amides is 2. The summed E-state index contributed by atoms with van der Waals surface area (Å²) in [6, 6.07) is 22.6. The molecule has 0 atom stereocenters.